The third-order valence-corrected chi connectivity index (χ3v) is 4.18. The van der Waals surface area contributed by atoms with Gasteiger partial charge in [-0.2, -0.15) is 4.98 Å². The summed E-state index contributed by atoms with van der Waals surface area (Å²) in [5.74, 6) is 0.681. The molecule has 0 bridgehead atoms. The van der Waals surface area contributed by atoms with Crippen LogP contribution in [0, 0.1) is 0 Å². The zero-order chi connectivity index (χ0) is 18.2. The number of carbonyl (C=O) groups is 2. The predicted molar refractivity (Wildman–Crippen MR) is 91.9 cm³/mol. The molecule has 0 aliphatic carbocycles. The first-order chi connectivity index (χ1) is 11.8. The highest BCUT2D eigenvalue weighted by atomic mass is 16.5. The number of nitrogens with one attached hydrogen (secondary N) is 1. The quantitative estimate of drug-likeness (QED) is 0.921. The van der Waals surface area contributed by atoms with Crippen LogP contribution < -0.4 is 5.32 Å². The summed E-state index contributed by atoms with van der Waals surface area (Å²) >= 11 is 0. The summed E-state index contributed by atoms with van der Waals surface area (Å²) in [6, 6.07) is 6.91. The van der Waals surface area contributed by atoms with Gasteiger partial charge in [-0.25, -0.2) is 0 Å². The van der Waals surface area contributed by atoms with Crippen LogP contribution in [0.25, 0.3) is 11.5 Å². The largest absolute Gasteiger partial charge is 0.347 e. The molecule has 2 aromatic rings. The number of aromatic nitrogens is 2. The summed E-state index contributed by atoms with van der Waals surface area (Å²) in [4.78, 5) is 30.4. The average molecular weight is 342 g/mol. The lowest BCUT2D eigenvalue weighted by atomic mass is 9.96. The molecule has 1 aliphatic heterocycles. The average Bonchev–Trinajstić information content (AvgIpc) is 3.15. The molecule has 0 spiro atoms. The maximum absolute atomic E-state index is 12.7. The van der Waals surface area contributed by atoms with Crippen LogP contribution >= 0.6 is 0 Å². The highest BCUT2D eigenvalue weighted by molar-refractivity contribution is 6.00. The number of benzene rings is 1. The normalized spacial score (nSPS) is 17.8. The third-order valence-electron chi connectivity index (χ3n) is 4.18. The Hall–Kier alpha value is -2.70. The molecular formula is C18H22N4O3. The van der Waals surface area contributed by atoms with Crippen molar-refractivity contribution in [2.24, 2.45) is 0 Å². The SMILES string of the molecule is CN1CC(NC(=O)c2ccccc2-c2nc(C(C)(C)C)no2)CC1=O. The second kappa shape index (κ2) is 6.31. The van der Waals surface area contributed by atoms with Gasteiger partial charge in [0.05, 0.1) is 17.2 Å². The molecule has 2 amide bonds. The summed E-state index contributed by atoms with van der Waals surface area (Å²) < 4.78 is 5.37. The van der Waals surface area contributed by atoms with E-state index in [0.717, 1.165) is 0 Å². The molecule has 1 atom stereocenters. The standard InChI is InChI=1S/C18H22N4O3/c1-18(2,3)17-20-16(25-21-17)13-8-6-5-7-12(13)15(24)19-11-9-14(23)22(4)10-11/h5-8,11H,9-10H2,1-4H3,(H,19,24). The van der Waals surface area contributed by atoms with Gasteiger partial charge < -0.3 is 14.7 Å². The summed E-state index contributed by atoms with van der Waals surface area (Å²) in [5, 5.41) is 6.93. The Bertz CT molecular complexity index is 807. The summed E-state index contributed by atoms with van der Waals surface area (Å²) in [7, 11) is 1.73. The highest BCUT2D eigenvalue weighted by Crippen LogP contribution is 2.26. The Labute approximate surface area is 146 Å². The van der Waals surface area contributed by atoms with Gasteiger partial charge in [0.15, 0.2) is 5.82 Å². The molecule has 1 fully saturated rings. The molecule has 1 aromatic carbocycles. The fourth-order valence-corrected chi connectivity index (χ4v) is 2.73. The van der Waals surface area contributed by atoms with E-state index in [4.69, 9.17) is 4.52 Å². The Morgan fingerprint density at radius 3 is 2.64 bits per heavy atom. The number of carbonyl (C=O) groups excluding carboxylic acids is 2. The molecular weight excluding hydrogens is 320 g/mol. The van der Waals surface area contributed by atoms with Crippen LogP contribution in [-0.4, -0.2) is 46.5 Å². The lowest BCUT2D eigenvalue weighted by Crippen LogP contribution is -2.36. The van der Waals surface area contributed by atoms with Gasteiger partial charge in [-0.15, -0.1) is 0 Å². The molecule has 1 N–H and O–H groups in total. The first-order valence-corrected chi connectivity index (χ1v) is 8.24. The molecule has 132 valence electrons. The third kappa shape index (κ3) is 3.55. The van der Waals surface area contributed by atoms with Crippen molar-refractivity contribution in [1.82, 2.24) is 20.4 Å². The number of likely N-dealkylation sites (tertiary alicyclic amines) is 1. The van der Waals surface area contributed by atoms with Crippen molar-refractivity contribution in [3.8, 4) is 11.5 Å². The fraction of sp³-hybridized carbons (Fsp3) is 0.444. The van der Waals surface area contributed by atoms with Crippen molar-refractivity contribution in [1.29, 1.82) is 0 Å². The lowest BCUT2D eigenvalue weighted by molar-refractivity contribution is -0.126. The van der Waals surface area contributed by atoms with Gasteiger partial charge in [-0.1, -0.05) is 38.1 Å². The van der Waals surface area contributed by atoms with E-state index in [1.807, 2.05) is 26.8 Å². The van der Waals surface area contributed by atoms with E-state index in [1.165, 1.54) is 0 Å². The monoisotopic (exact) mass is 342 g/mol. The van der Waals surface area contributed by atoms with E-state index in [-0.39, 0.29) is 23.3 Å². The first-order valence-electron chi connectivity index (χ1n) is 8.24. The minimum absolute atomic E-state index is 0.0327. The molecule has 25 heavy (non-hydrogen) atoms. The van der Waals surface area contributed by atoms with Gasteiger partial charge in [-0.05, 0) is 12.1 Å². The van der Waals surface area contributed by atoms with Crippen molar-refractivity contribution >= 4 is 11.8 Å². The van der Waals surface area contributed by atoms with E-state index >= 15 is 0 Å². The molecule has 1 unspecified atom stereocenters. The highest BCUT2D eigenvalue weighted by Gasteiger charge is 2.29. The summed E-state index contributed by atoms with van der Waals surface area (Å²) in [5.41, 5.74) is 0.794. The summed E-state index contributed by atoms with van der Waals surface area (Å²) in [6.45, 7) is 6.50. The molecule has 3 rings (SSSR count). The van der Waals surface area contributed by atoms with Crippen LogP contribution in [0.5, 0.6) is 0 Å². The molecule has 2 heterocycles. The van der Waals surface area contributed by atoms with E-state index in [9.17, 15) is 9.59 Å². The van der Waals surface area contributed by atoms with E-state index < -0.39 is 0 Å². The maximum Gasteiger partial charge on any atom is 0.258 e. The van der Waals surface area contributed by atoms with Crippen molar-refractivity contribution < 1.29 is 14.1 Å². The number of nitrogens with zero attached hydrogens (tertiary/aromatic N) is 3. The second-order valence-electron chi connectivity index (χ2n) is 7.37. The van der Waals surface area contributed by atoms with Crippen molar-refractivity contribution in [2.45, 2.75) is 38.6 Å². The van der Waals surface area contributed by atoms with Crippen LogP contribution in [0.15, 0.2) is 28.8 Å². The van der Waals surface area contributed by atoms with Gasteiger partial charge in [0.2, 0.25) is 5.91 Å². The van der Waals surface area contributed by atoms with Crippen molar-refractivity contribution in [2.75, 3.05) is 13.6 Å². The van der Waals surface area contributed by atoms with Crippen LogP contribution in [0.1, 0.15) is 43.4 Å². The number of rotatable bonds is 3. The van der Waals surface area contributed by atoms with Gasteiger partial charge in [0.25, 0.3) is 11.8 Å². The Morgan fingerprint density at radius 1 is 1.32 bits per heavy atom. The molecule has 1 saturated heterocycles. The molecule has 1 aromatic heterocycles. The maximum atomic E-state index is 12.7. The molecule has 0 saturated carbocycles. The van der Waals surface area contributed by atoms with E-state index in [2.05, 4.69) is 15.5 Å². The predicted octanol–water partition coefficient (Wildman–Crippen LogP) is 1.99. The lowest BCUT2D eigenvalue weighted by Gasteiger charge is -2.13. The molecule has 1 aliphatic rings. The summed E-state index contributed by atoms with van der Waals surface area (Å²) in [6.07, 6.45) is 0.319. The smallest absolute Gasteiger partial charge is 0.258 e. The topological polar surface area (TPSA) is 88.3 Å². The minimum Gasteiger partial charge on any atom is -0.347 e. The first kappa shape index (κ1) is 17.1. The van der Waals surface area contributed by atoms with Gasteiger partial charge >= 0.3 is 0 Å². The van der Waals surface area contributed by atoms with Gasteiger partial charge in [0, 0.05) is 25.4 Å². The van der Waals surface area contributed by atoms with Gasteiger partial charge in [-0.3, -0.25) is 9.59 Å². The Balaban J connectivity index is 1.85. The zero-order valence-electron chi connectivity index (χ0n) is 14.9. The van der Waals surface area contributed by atoms with Crippen LogP contribution in [0.2, 0.25) is 0 Å². The number of hydrogen-bond acceptors (Lipinski definition) is 5. The van der Waals surface area contributed by atoms with E-state index in [0.29, 0.717) is 35.8 Å². The molecule has 7 nitrogen and oxygen atoms in total. The van der Waals surface area contributed by atoms with Crippen molar-refractivity contribution in [3.63, 3.8) is 0 Å². The fourth-order valence-electron chi connectivity index (χ4n) is 2.73. The van der Waals surface area contributed by atoms with Crippen LogP contribution in [0.4, 0.5) is 0 Å². The van der Waals surface area contributed by atoms with Gasteiger partial charge in [0.1, 0.15) is 0 Å². The molecule has 7 heteroatoms. The number of hydrogen-bond donors (Lipinski definition) is 1. The second-order valence-corrected chi connectivity index (χ2v) is 7.37. The minimum atomic E-state index is -0.251. The van der Waals surface area contributed by atoms with E-state index in [1.54, 1.807) is 30.1 Å². The number of likely N-dealkylation sites (N-methyl/N-ethyl adjacent to an activating group) is 1. The zero-order valence-corrected chi connectivity index (χ0v) is 14.9. The van der Waals surface area contributed by atoms with Crippen molar-refractivity contribution in [3.05, 3.63) is 35.7 Å². The van der Waals surface area contributed by atoms with Crippen LogP contribution in [0.3, 0.4) is 0 Å². The van der Waals surface area contributed by atoms with Crippen LogP contribution in [-0.2, 0) is 10.2 Å². The Morgan fingerprint density at radius 2 is 2.04 bits per heavy atom. The number of amides is 2. The molecule has 0 radical (unpaired) electrons. The Kier molecular flexibility index (Phi) is 4.32.